The van der Waals surface area contributed by atoms with Crippen LogP contribution in [0.1, 0.15) is 67.5 Å². The summed E-state index contributed by atoms with van der Waals surface area (Å²) in [6, 6.07) is 5.45. The predicted molar refractivity (Wildman–Crippen MR) is 176 cm³/mol. The molecule has 45 heavy (non-hydrogen) atoms. The number of hydrogen-bond donors (Lipinski definition) is 1. The third kappa shape index (κ3) is 7.92. The molecule has 0 bridgehead atoms. The number of ether oxygens (including phenoxy) is 4. The number of rotatable bonds is 9. The standard InChI is InChI=1S/C33H48N4O7Si/c1-21(44-45(10,11)32(6,7)8)19-42-23-14-26(36-28(15-23)33(40-9)12-13-41-20-33)25-18-37(30(39)43-31(3,4)5)27-17-34-29(16-24(25)27)35-22(2)38/h14-18,21H,12-13,19-20H2,1-11H3,(H,34,35,38). The van der Waals surface area contributed by atoms with Crippen molar-refractivity contribution in [3.05, 3.63) is 36.3 Å². The van der Waals surface area contributed by atoms with E-state index in [9.17, 15) is 9.59 Å². The van der Waals surface area contributed by atoms with Crippen LogP contribution in [0.25, 0.3) is 22.2 Å². The van der Waals surface area contributed by atoms with Crippen molar-refractivity contribution in [3.8, 4) is 17.0 Å². The Morgan fingerprint density at radius 2 is 1.87 bits per heavy atom. The molecule has 3 aromatic heterocycles. The van der Waals surface area contributed by atoms with Gasteiger partial charge in [0.1, 0.15) is 29.4 Å². The van der Waals surface area contributed by atoms with Gasteiger partial charge in [0, 0.05) is 56.3 Å². The fourth-order valence-corrected chi connectivity index (χ4v) is 6.37. The second-order valence-corrected chi connectivity index (χ2v) is 19.0. The molecule has 12 heteroatoms. The number of hydrogen-bond acceptors (Lipinski definition) is 9. The van der Waals surface area contributed by atoms with E-state index in [1.165, 1.54) is 17.7 Å². The van der Waals surface area contributed by atoms with E-state index in [1.807, 2.05) is 39.8 Å². The molecule has 1 saturated heterocycles. The largest absolute Gasteiger partial charge is 0.491 e. The normalized spacial score (nSPS) is 18.2. The van der Waals surface area contributed by atoms with Gasteiger partial charge in [0.05, 0.1) is 35.8 Å². The third-order valence-electron chi connectivity index (χ3n) is 8.29. The first-order valence-electron chi connectivity index (χ1n) is 15.3. The molecular formula is C33H48N4O7Si. The van der Waals surface area contributed by atoms with E-state index in [0.29, 0.717) is 65.7 Å². The van der Waals surface area contributed by atoms with Crippen molar-refractivity contribution < 1.29 is 33.0 Å². The van der Waals surface area contributed by atoms with Gasteiger partial charge in [-0.05, 0) is 51.9 Å². The molecule has 11 nitrogen and oxygen atoms in total. The molecule has 0 spiro atoms. The van der Waals surface area contributed by atoms with E-state index in [0.717, 1.165) is 0 Å². The van der Waals surface area contributed by atoms with Crippen LogP contribution in [0.5, 0.6) is 5.75 Å². The minimum absolute atomic E-state index is 0.0683. The van der Waals surface area contributed by atoms with E-state index < -0.39 is 25.6 Å². The maximum atomic E-state index is 13.3. The Morgan fingerprint density at radius 1 is 1.16 bits per heavy atom. The van der Waals surface area contributed by atoms with Crippen LogP contribution in [0.2, 0.25) is 18.1 Å². The van der Waals surface area contributed by atoms with Gasteiger partial charge in [-0.15, -0.1) is 0 Å². The Bertz CT molecular complexity index is 1550. The maximum absolute atomic E-state index is 13.3. The lowest BCUT2D eigenvalue weighted by Gasteiger charge is -2.38. The topological polar surface area (TPSA) is 123 Å². The highest BCUT2D eigenvalue weighted by Gasteiger charge is 2.40. The quantitative estimate of drug-likeness (QED) is 0.249. The van der Waals surface area contributed by atoms with Crippen molar-refractivity contribution >= 4 is 37.0 Å². The van der Waals surface area contributed by atoms with Gasteiger partial charge in [-0.2, -0.15) is 0 Å². The molecule has 246 valence electrons. The molecule has 4 rings (SSSR count). The summed E-state index contributed by atoms with van der Waals surface area (Å²) < 4.78 is 31.8. The van der Waals surface area contributed by atoms with Crippen LogP contribution < -0.4 is 10.1 Å². The van der Waals surface area contributed by atoms with E-state index in [-0.39, 0.29) is 17.0 Å². The molecule has 0 aliphatic carbocycles. The minimum Gasteiger partial charge on any atom is -0.491 e. The van der Waals surface area contributed by atoms with Gasteiger partial charge < -0.3 is 28.7 Å². The number of nitrogens with one attached hydrogen (secondary N) is 1. The number of amides is 1. The predicted octanol–water partition coefficient (Wildman–Crippen LogP) is 6.89. The second-order valence-electron chi connectivity index (χ2n) is 14.2. The van der Waals surface area contributed by atoms with Crippen molar-refractivity contribution in [2.24, 2.45) is 0 Å². The highest BCUT2D eigenvalue weighted by molar-refractivity contribution is 6.74. The zero-order chi connectivity index (χ0) is 33.4. The molecule has 1 amide bonds. The van der Waals surface area contributed by atoms with Crippen LogP contribution in [0.15, 0.2) is 30.6 Å². The number of carbonyl (C=O) groups excluding carboxylic acids is 2. The van der Waals surface area contributed by atoms with Gasteiger partial charge in [-0.3, -0.25) is 9.36 Å². The van der Waals surface area contributed by atoms with Gasteiger partial charge in [0.15, 0.2) is 8.32 Å². The summed E-state index contributed by atoms with van der Waals surface area (Å²) in [6.45, 7) is 21.2. The lowest BCUT2D eigenvalue weighted by molar-refractivity contribution is -0.114. The van der Waals surface area contributed by atoms with Gasteiger partial charge in [0.25, 0.3) is 0 Å². The van der Waals surface area contributed by atoms with Crippen molar-refractivity contribution in [1.82, 2.24) is 14.5 Å². The van der Waals surface area contributed by atoms with Crippen LogP contribution in [-0.2, 0) is 29.0 Å². The minimum atomic E-state index is -2.00. The average molecular weight is 641 g/mol. The van der Waals surface area contributed by atoms with Crippen molar-refractivity contribution in [3.63, 3.8) is 0 Å². The van der Waals surface area contributed by atoms with Crippen LogP contribution in [0, 0.1) is 0 Å². The SMILES string of the molecule is COC1(c2cc(OCC(C)O[Si](C)(C)C(C)(C)C)cc(-c3cn(C(=O)OC(C)(C)C)c4cnc(NC(C)=O)cc34)n2)CCOC1. The Kier molecular flexibility index (Phi) is 9.84. The molecule has 1 aliphatic heterocycles. The van der Waals surface area contributed by atoms with E-state index in [4.69, 9.17) is 28.4 Å². The van der Waals surface area contributed by atoms with E-state index >= 15 is 0 Å². The zero-order valence-electron chi connectivity index (χ0n) is 28.5. The summed E-state index contributed by atoms with van der Waals surface area (Å²) in [5.41, 5.74) is 0.868. The lowest BCUT2D eigenvalue weighted by Crippen LogP contribution is -2.44. The first-order valence-corrected chi connectivity index (χ1v) is 18.2. The number of methoxy groups -OCH3 is 1. The first kappa shape index (κ1) is 34.5. The maximum Gasteiger partial charge on any atom is 0.419 e. The van der Waals surface area contributed by atoms with E-state index in [2.05, 4.69) is 44.2 Å². The highest BCUT2D eigenvalue weighted by Crippen LogP contribution is 2.40. The summed E-state index contributed by atoms with van der Waals surface area (Å²) in [7, 11) is -0.353. The number of pyridine rings is 2. The van der Waals surface area contributed by atoms with E-state index in [1.54, 1.807) is 19.4 Å². The summed E-state index contributed by atoms with van der Waals surface area (Å²) in [6.07, 6.45) is 3.14. The number of fused-ring (bicyclic) bond motifs is 1. The first-order chi connectivity index (χ1) is 20.8. The molecule has 0 saturated carbocycles. The average Bonchev–Trinajstić information content (AvgIpc) is 3.55. The molecular weight excluding hydrogens is 592 g/mol. The van der Waals surface area contributed by atoms with Crippen molar-refractivity contribution in [2.45, 2.75) is 97.2 Å². The monoisotopic (exact) mass is 640 g/mol. The fourth-order valence-electron chi connectivity index (χ4n) is 4.94. The molecule has 0 aromatic carbocycles. The van der Waals surface area contributed by atoms with Crippen molar-refractivity contribution in [2.75, 3.05) is 32.2 Å². The smallest absolute Gasteiger partial charge is 0.419 e. The molecule has 2 unspecified atom stereocenters. The number of carbonyl (C=O) groups is 2. The summed E-state index contributed by atoms with van der Waals surface area (Å²) in [5, 5.41) is 3.45. The van der Waals surface area contributed by atoms with Crippen LogP contribution >= 0.6 is 0 Å². The lowest BCUT2D eigenvalue weighted by atomic mass is 9.96. The van der Waals surface area contributed by atoms with Crippen LogP contribution in [0.4, 0.5) is 10.6 Å². The highest BCUT2D eigenvalue weighted by atomic mass is 28.4. The Hall–Kier alpha value is -3.32. The molecule has 2 atom stereocenters. The molecule has 1 fully saturated rings. The number of aromatic nitrogens is 3. The van der Waals surface area contributed by atoms with Gasteiger partial charge >= 0.3 is 6.09 Å². The van der Waals surface area contributed by atoms with Crippen LogP contribution in [-0.4, -0.2) is 73.5 Å². The molecule has 1 aliphatic rings. The Labute approximate surface area is 267 Å². The molecule has 1 N–H and O–H groups in total. The molecule has 4 heterocycles. The zero-order valence-corrected chi connectivity index (χ0v) is 29.5. The number of anilines is 1. The second kappa shape index (κ2) is 12.8. The third-order valence-corrected chi connectivity index (χ3v) is 12.9. The summed E-state index contributed by atoms with van der Waals surface area (Å²) >= 11 is 0. The van der Waals surface area contributed by atoms with Gasteiger partial charge in [-0.25, -0.2) is 14.8 Å². The Morgan fingerprint density at radius 3 is 2.44 bits per heavy atom. The summed E-state index contributed by atoms with van der Waals surface area (Å²) in [4.78, 5) is 34.6. The van der Waals surface area contributed by atoms with Gasteiger partial charge in [0.2, 0.25) is 5.91 Å². The Balaban J connectivity index is 1.83. The number of nitrogens with zero attached hydrogens (tertiary/aromatic N) is 3. The molecule has 0 radical (unpaired) electrons. The van der Waals surface area contributed by atoms with Crippen LogP contribution in [0.3, 0.4) is 0 Å². The molecule has 3 aromatic rings. The van der Waals surface area contributed by atoms with Crippen molar-refractivity contribution in [1.29, 1.82) is 0 Å². The van der Waals surface area contributed by atoms with Gasteiger partial charge in [-0.1, -0.05) is 20.8 Å². The summed E-state index contributed by atoms with van der Waals surface area (Å²) in [5.74, 6) is 0.668. The fraction of sp³-hybridized carbons (Fsp3) is 0.576.